The Labute approximate surface area is 185 Å². The molecule has 32 heavy (non-hydrogen) atoms. The van der Waals surface area contributed by atoms with Gasteiger partial charge in [-0.2, -0.15) is 0 Å². The predicted molar refractivity (Wildman–Crippen MR) is 118 cm³/mol. The van der Waals surface area contributed by atoms with E-state index in [0.29, 0.717) is 30.5 Å². The number of hydrogen-bond acceptors (Lipinski definition) is 3. The van der Waals surface area contributed by atoms with Crippen molar-refractivity contribution in [3.8, 4) is 0 Å². The lowest BCUT2D eigenvalue weighted by atomic mass is 9.89. The van der Waals surface area contributed by atoms with E-state index in [1.165, 1.54) is 42.4 Å². The maximum absolute atomic E-state index is 14.4. The molecule has 7 heteroatoms. The zero-order chi connectivity index (χ0) is 22.8. The van der Waals surface area contributed by atoms with Gasteiger partial charge in [-0.3, -0.25) is 14.5 Å². The molecular weight excluding hydrogens is 412 g/mol. The summed E-state index contributed by atoms with van der Waals surface area (Å²) in [4.78, 5) is 30.4. The fraction of sp³-hybridized carbons (Fsp3) is 0.240. The van der Waals surface area contributed by atoms with Gasteiger partial charge in [-0.15, -0.1) is 0 Å². The zero-order valence-electron chi connectivity index (χ0n) is 17.9. The van der Waals surface area contributed by atoms with Crippen LogP contribution in [0, 0.1) is 11.6 Å². The highest BCUT2D eigenvalue weighted by atomic mass is 19.1. The first-order chi connectivity index (χ1) is 15.4. The summed E-state index contributed by atoms with van der Waals surface area (Å²) in [6.45, 7) is 2.38. The number of carbonyl (C=O) groups excluding carboxylic acids is 2. The van der Waals surface area contributed by atoms with Gasteiger partial charge in [0.25, 0.3) is 11.8 Å². The standard InChI is InChI=1S/C25H23F2N3O2/c1-3-16-13-17-8-10-30(23-21(26)5-4-9-29-23)25(32)20(17)14-18(16)11-15-6-7-19(22(27)12-15)24(31)28-2/h4-7,9,12-14H,3,8,10-11H2,1-2H3,(H,28,31). The van der Waals surface area contributed by atoms with E-state index >= 15 is 0 Å². The van der Waals surface area contributed by atoms with Crippen molar-refractivity contribution < 1.29 is 18.4 Å². The highest BCUT2D eigenvalue weighted by molar-refractivity contribution is 6.08. The van der Waals surface area contributed by atoms with Crippen LogP contribution in [0.2, 0.25) is 0 Å². The number of hydrogen-bond donors (Lipinski definition) is 1. The predicted octanol–water partition coefficient (Wildman–Crippen LogP) is 4.08. The quantitative estimate of drug-likeness (QED) is 0.657. The first-order valence-corrected chi connectivity index (χ1v) is 10.5. The van der Waals surface area contributed by atoms with Crippen molar-refractivity contribution in [2.75, 3.05) is 18.5 Å². The molecule has 1 aromatic heterocycles. The molecule has 1 aliphatic rings. The fourth-order valence-electron chi connectivity index (χ4n) is 4.10. The van der Waals surface area contributed by atoms with Crippen LogP contribution < -0.4 is 10.2 Å². The number of nitrogens with zero attached hydrogens (tertiary/aromatic N) is 2. The average Bonchev–Trinajstić information content (AvgIpc) is 2.79. The van der Waals surface area contributed by atoms with Gasteiger partial charge >= 0.3 is 0 Å². The van der Waals surface area contributed by atoms with Gasteiger partial charge in [0.15, 0.2) is 11.6 Å². The number of aryl methyl sites for hydroxylation is 1. The lowest BCUT2D eigenvalue weighted by Gasteiger charge is -2.29. The molecule has 4 rings (SSSR count). The number of fused-ring (bicyclic) bond motifs is 1. The highest BCUT2D eigenvalue weighted by Crippen LogP contribution is 2.29. The first kappa shape index (κ1) is 21.6. The van der Waals surface area contributed by atoms with Crippen molar-refractivity contribution in [1.82, 2.24) is 10.3 Å². The SMILES string of the molecule is CCc1cc2c(cc1Cc1ccc(C(=O)NC)c(F)c1)C(=O)N(c1ncccc1F)CC2. The topological polar surface area (TPSA) is 62.3 Å². The molecule has 1 aliphatic heterocycles. The summed E-state index contributed by atoms with van der Waals surface area (Å²) < 4.78 is 28.7. The van der Waals surface area contributed by atoms with Crippen molar-refractivity contribution in [2.24, 2.45) is 0 Å². The normalized spacial score (nSPS) is 13.1. The van der Waals surface area contributed by atoms with Crippen molar-refractivity contribution in [3.63, 3.8) is 0 Å². The second-order valence-electron chi connectivity index (χ2n) is 7.72. The third-order valence-corrected chi connectivity index (χ3v) is 5.78. The molecule has 0 spiro atoms. The average molecular weight is 435 g/mol. The van der Waals surface area contributed by atoms with Crippen LogP contribution in [0.25, 0.3) is 0 Å². The van der Waals surface area contributed by atoms with Crippen molar-refractivity contribution in [3.05, 3.63) is 93.7 Å². The van der Waals surface area contributed by atoms with Crippen LogP contribution in [0.3, 0.4) is 0 Å². The second-order valence-corrected chi connectivity index (χ2v) is 7.72. The van der Waals surface area contributed by atoms with E-state index in [-0.39, 0.29) is 17.3 Å². The van der Waals surface area contributed by atoms with E-state index in [9.17, 15) is 18.4 Å². The minimum absolute atomic E-state index is 0.0133. The van der Waals surface area contributed by atoms with Gasteiger partial charge in [0.2, 0.25) is 0 Å². The lowest BCUT2D eigenvalue weighted by molar-refractivity contribution is 0.0956. The molecule has 0 bridgehead atoms. The van der Waals surface area contributed by atoms with Gasteiger partial charge in [-0.05, 0) is 71.8 Å². The minimum Gasteiger partial charge on any atom is -0.355 e. The number of carbonyl (C=O) groups is 2. The summed E-state index contributed by atoms with van der Waals surface area (Å²) in [6.07, 6.45) is 3.23. The van der Waals surface area contributed by atoms with Crippen LogP contribution in [-0.4, -0.2) is 30.4 Å². The zero-order valence-corrected chi connectivity index (χ0v) is 17.9. The molecule has 1 N–H and O–H groups in total. The number of amides is 2. The van der Waals surface area contributed by atoms with E-state index in [1.54, 1.807) is 6.07 Å². The number of aromatic nitrogens is 1. The molecule has 0 saturated carbocycles. The van der Waals surface area contributed by atoms with Crippen LogP contribution in [0.15, 0.2) is 48.7 Å². The largest absolute Gasteiger partial charge is 0.355 e. The minimum atomic E-state index is -0.592. The van der Waals surface area contributed by atoms with E-state index in [2.05, 4.69) is 10.3 Å². The molecule has 0 saturated heterocycles. The Morgan fingerprint density at radius 2 is 1.94 bits per heavy atom. The summed E-state index contributed by atoms with van der Waals surface area (Å²) in [5, 5.41) is 2.42. The molecule has 2 aromatic carbocycles. The Morgan fingerprint density at radius 1 is 1.12 bits per heavy atom. The van der Waals surface area contributed by atoms with Crippen molar-refractivity contribution in [1.29, 1.82) is 0 Å². The first-order valence-electron chi connectivity index (χ1n) is 10.5. The lowest BCUT2D eigenvalue weighted by Crippen LogP contribution is -2.39. The van der Waals surface area contributed by atoms with Gasteiger partial charge in [-0.1, -0.05) is 19.1 Å². The van der Waals surface area contributed by atoms with Crippen LogP contribution in [0.1, 0.15) is 49.9 Å². The maximum Gasteiger partial charge on any atom is 0.259 e. The van der Waals surface area contributed by atoms with Gasteiger partial charge in [0, 0.05) is 25.4 Å². The molecule has 2 amide bonds. The number of anilines is 1. The van der Waals surface area contributed by atoms with Gasteiger partial charge < -0.3 is 5.32 Å². The Bertz CT molecular complexity index is 1210. The monoisotopic (exact) mass is 435 g/mol. The molecule has 2 heterocycles. The van der Waals surface area contributed by atoms with Crippen molar-refractivity contribution in [2.45, 2.75) is 26.2 Å². The summed E-state index contributed by atoms with van der Waals surface area (Å²) in [5.74, 6) is -1.89. The number of pyridine rings is 1. The molecular formula is C25H23F2N3O2. The van der Waals surface area contributed by atoms with Gasteiger partial charge in [0.05, 0.1) is 5.56 Å². The third-order valence-electron chi connectivity index (χ3n) is 5.78. The molecule has 0 unspecified atom stereocenters. The van der Waals surface area contributed by atoms with E-state index in [0.717, 1.165) is 23.1 Å². The Kier molecular flexibility index (Phi) is 5.99. The van der Waals surface area contributed by atoms with Crippen LogP contribution in [-0.2, 0) is 19.3 Å². The number of benzene rings is 2. The summed E-state index contributed by atoms with van der Waals surface area (Å²) in [7, 11) is 1.45. The summed E-state index contributed by atoms with van der Waals surface area (Å²) in [6, 6.07) is 11.1. The number of nitrogens with one attached hydrogen (secondary N) is 1. The fourth-order valence-corrected chi connectivity index (χ4v) is 4.10. The van der Waals surface area contributed by atoms with Gasteiger partial charge in [-0.25, -0.2) is 13.8 Å². The molecule has 3 aromatic rings. The van der Waals surface area contributed by atoms with E-state index in [4.69, 9.17) is 0 Å². The smallest absolute Gasteiger partial charge is 0.259 e. The molecule has 164 valence electrons. The Balaban J connectivity index is 1.68. The third kappa shape index (κ3) is 3.98. The molecule has 0 fully saturated rings. The van der Waals surface area contributed by atoms with E-state index in [1.807, 2.05) is 19.1 Å². The number of rotatable bonds is 5. The van der Waals surface area contributed by atoms with Crippen LogP contribution >= 0.6 is 0 Å². The van der Waals surface area contributed by atoms with Crippen LogP contribution in [0.5, 0.6) is 0 Å². The van der Waals surface area contributed by atoms with E-state index < -0.39 is 17.5 Å². The summed E-state index contributed by atoms with van der Waals surface area (Å²) >= 11 is 0. The Hall–Kier alpha value is -3.61. The number of halogens is 2. The van der Waals surface area contributed by atoms with Crippen molar-refractivity contribution >= 4 is 17.6 Å². The molecule has 5 nitrogen and oxygen atoms in total. The summed E-state index contributed by atoms with van der Waals surface area (Å²) in [5.41, 5.74) is 4.08. The molecule has 0 atom stereocenters. The Morgan fingerprint density at radius 3 is 2.62 bits per heavy atom. The maximum atomic E-state index is 14.4. The molecule has 0 aliphatic carbocycles. The molecule has 0 radical (unpaired) electrons. The second kappa shape index (κ2) is 8.86. The van der Waals surface area contributed by atoms with Gasteiger partial charge in [0.1, 0.15) is 5.82 Å². The van der Waals surface area contributed by atoms with Crippen LogP contribution in [0.4, 0.5) is 14.6 Å². The highest BCUT2D eigenvalue weighted by Gasteiger charge is 2.29.